The molecule has 0 aliphatic heterocycles. The quantitative estimate of drug-likeness (QED) is 0.614. The van der Waals surface area contributed by atoms with Gasteiger partial charge < -0.3 is 10.1 Å². The number of ether oxygens (including phenoxy) is 1. The molecule has 0 radical (unpaired) electrons. The topological polar surface area (TPSA) is 69.0 Å². The van der Waals surface area contributed by atoms with Crippen LogP contribution in [0.4, 0.5) is 5.82 Å². The Balaban J connectivity index is 1.77. The lowest BCUT2D eigenvalue weighted by molar-refractivity contribution is 0.102. The number of hydrogen-bond donors (Lipinski definition) is 1. The van der Waals surface area contributed by atoms with Crippen LogP contribution >= 0.6 is 0 Å². The first kappa shape index (κ1) is 16.1. The van der Waals surface area contributed by atoms with E-state index in [0.717, 1.165) is 27.5 Å². The van der Waals surface area contributed by atoms with Crippen molar-refractivity contribution in [3.63, 3.8) is 0 Å². The Morgan fingerprint density at radius 2 is 2.00 bits per heavy atom. The van der Waals surface area contributed by atoms with Crippen molar-refractivity contribution in [3.8, 4) is 5.75 Å². The highest BCUT2D eigenvalue weighted by Crippen LogP contribution is 2.26. The number of nitrogens with zero attached hydrogens (tertiary/aromatic N) is 3. The van der Waals surface area contributed by atoms with E-state index in [4.69, 9.17) is 4.74 Å². The maximum absolute atomic E-state index is 12.6. The summed E-state index contributed by atoms with van der Waals surface area (Å²) in [7, 11) is 3.39. The number of amides is 1. The van der Waals surface area contributed by atoms with Crippen molar-refractivity contribution >= 4 is 33.7 Å². The molecule has 2 aromatic carbocycles. The van der Waals surface area contributed by atoms with Gasteiger partial charge in [0.2, 0.25) is 0 Å². The highest BCUT2D eigenvalue weighted by atomic mass is 16.5. The Hall–Kier alpha value is -3.41. The first-order chi connectivity index (χ1) is 12.5. The van der Waals surface area contributed by atoms with Crippen molar-refractivity contribution < 1.29 is 9.53 Å². The fourth-order valence-electron chi connectivity index (χ4n) is 2.99. The van der Waals surface area contributed by atoms with Crippen LogP contribution in [0.2, 0.25) is 0 Å². The monoisotopic (exact) mass is 346 g/mol. The number of carbonyl (C=O) groups excluding carboxylic acids is 1. The van der Waals surface area contributed by atoms with Gasteiger partial charge in [0, 0.05) is 18.0 Å². The maximum atomic E-state index is 12.6. The molecule has 0 bridgehead atoms. The fourth-order valence-corrected chi connectivity index (χ4v) is 2.99. The van der Waals surface area contributed by atoms with Gasteiger partial charge in [-0.15, -0.1) is 0 Å². The Kier molecular flexibility index (Phi) is 3.80. The summed E-state index contributed by atoms with van der Waals surface area (Å²) in [5.74, 6) is 0.881. The Morgan fingerprint density at radius 3 is 2.81 bits per heavy atom. The van der Waals surface area contributed by atoms with Crippen LogP contribution in [0.15, 0.2) is 48.5 Å². The van der Waals surface area contributed by atoms with Gasteiger partial charge in [-0.2, -0.15) is 5.10 Å². The lowest BCUT2D eigenvalue weighted by Crippen LogP contribution is -2.12. The van der Waals surface area contributed by atoms with E-state index < -0.39 is 0 Å². The third kappa shape index (κ3) is 2.75. The molecule has 2 aromatic heterocycles. The zero-order valence-corrected chi connectivity index (χ0v) is 14.8. The number of carbonyl (C=O) groups is 1. The number of benzene rings is 2. The van der Waals surface area contributed by atoms with Crippen LogP contribution in [-0.2, 0) is 7.05 Å². The molecule has 2 heterocycles. The number of aryl methyl sites for hydroxylation is 2. The minimum Gasteiger partial charge on any atom is -0.497 e. The van der Waals surface area contributed by atoms with E-state index >= 15 is 0 Å². The third-order valence-electron chi connectivity index (χ3n) is 4.33. The summed E-state index contributed by atoms with van der Waals surface area (Å²) in [6, 6.07) is 15.1. The number of nitrogens with one attached hydrogen (secondary N) is 1. The lowest BCUT2D eigenvalue weighted by atomic mass is 10.1. The largest absolute Gasteiger partial charge is 0.497 e. The van der Waals surface area contributed by atoms with Gasteiger partial charge in [-0.3, -0.25) is 4.79 Å². The van der Waals surface area contributed by atoms with Gasteiger partial charge in [0.15, 0.2) is 11.5 Å². The second-order valence-electron chi connectivity index (χ2n) is 6.21. The number of methoxy groups -OCH3 is 1. The first-order valence-corrected chi connectivity index (χ1v) is 8.24. The molecule has 0 unspecified atom stereocenters. The number of aromatic nitrogens is 3. The second kappa shape index (κ2) is 6.15. The number of pyridine rings is 1. The zero-order valence-electron chi connectivity index (χ0n) is 14.8. The molecule has 130 valence electrons. The molecule has 0 aliphatic rings. The summed E-state index contributed by atoms with van der Waals surface area (Å²) in [5, 5.41) is 9.14. The van der Waals surface area contributed by atoms with Crippen LogP contribution in [0.1, 0.15) is 15.9 Å². The molecule has 0 spiro atoms. The van der Waals surface area contributed by atoms with Crippen molar-refractivity contribution in [2.24, 2.45) is 7.05 Å². The molecule has 0 fully saturated rings. The smallest absolute Gasteiger partial charge is 0.257 e. The summed E-state index contributed by atoms with van der Waals surface area (Å²) in [5.41, 5.74) is 3.29. The van der Waals surface area contributed by atoms with Crippen LogP contribution in [0.25, 0.3) is 21.9 Å². The first-order valence-electron chi connectivity index (χ1n) is 8.24. The van der Waals surface area contributed by atoms with Crippen molar-refractivity contribution in [2.45, 2.75) is 6.92 Å². The predicted octanol–water partition coefficient (Wildman–Crippen LogP) is 3.69. The SMILES string of the molecule is COc1cccc(C(=O)Nc2nn(C)c3nc4ccc(C)cc4cc23)c1. The molecule has 1 amide bonds. The molecule has 0 atom stereocenters. The normalized spacial score (nSPS) is 11.0. The number of rotatable bonds is 3. The average Bonchev–Trinajstić information content (AvgIpc) is 2.94. The lowest BCUT2D eigenvalue weighted by Gasteiger charge is -2.05. The van der Waals surface area contributed by atoms with Crippen LogP contribution in [-0.4, -0.2) is 27.8 Å². The van der Waals surface area contributed by atoms with E-state index in [1.54, 1.807) is 36.1 Å². The van der Waals surface area contributed by atoms with Gasteiger partial charge in [-0.25, -0.2) is 9.67 Å². The van der Waals surface area contributed by atoms with Gasteiger partial charge in [0.05, 0.1) is 18.0 Å². The molecule has 0 saturated carbocycles. The number of hydrogen-bond acceptors (Lipinski definition) is 4. The van der Waals surface area contributed by atoms with Gasteiger partial charge in [-0.05, 0) is 43.3 Å². The molecule has 26 heavy (non-hydrogen) atoms. The molecular weight excluding hydrogens is 328 g/mol. The number of anilines is 1. The number of fused-ring (bicyclic) bond motifs is 2. The molecule has 0 saturated heterocycles. The standard InChI is InChI=1S/C20H18N4O2/c1-12-7-8-17-14(9-12)11-16-18(23-24(2)19(16)21-17)22-20(25)13-5-4-6-15(10-13)26-3/h4-11H,1-3H3,(H,22,23,25). The highest BCUT2D eigenvalue weighted by molar-refractivity contribution is 6.09. The van der Waals surface area contributed by atoms with E-state index in [1.807, 2.05) is 32.2 Å². The molecule has 4 rings (SSSR count). The minimum atomic E-state index is -0.242. The predicted molar refractivity (Wildman–Crippen MR) is 102 cm³/mol. The van der Waals surface area contributed by atoms with Gasteiger partial charge in [-0.1, -0.05) is 17.7 Å². The Morgan fingerprint density at radius 1 is 1.15 bits per heavy atom. The summed E-state index contributed by atoms with van der Waals surface area (Å²) < 4.78 is 6.86. The maximum Gasteiger partial charge on any atom is 0.257 e. The van der Waals surface area contributed by atoms with Crippen LogP contribution in [0, 0.1) is 6.92 Å². The van der Waals surface area contributed by atoms with Crippen molar-refractivity contribution in [2.75, 3.05) is 12.4 Å². The summed E-state index contributed by atoms with van der Waals surface area (Å²) in [6.07, 6.45) is 0. The zero-order chi connectivity index (χ0) is 18.3. The molecule has 6 nitrogen and oxygen atoms in total. The van der Waals surface area contributed by atoms with Gasteiger partial charge in [0.25, 0.3) is 5.91 Å². The van der Waals surface area contributed by atoms with Crippen molar-refractivity contribution in [1.29, 1.82) is 0 Å². The fraction of sp³-hybridized carbons (Fsp3) is 0.150. The van der Waals surface area contributed by atoms with Crippen LogP contribution in [0.3, 0.4) is 0 Å². The molecular formula is C20H18N4O2. The summed E-state index contributed by atoms with van der Waals surface area (Å²) in [6.45, 7) is 2.04. The van der Waals surface area contributed by atoms with E-state index in [-0.39, 0.29) is 5.91 Å². The second-order valence-corrected chi connectivity index (χ2v) is 6.21. The van der Waals surface area contributed by atoms with Crippen LogP contribution in [0.5, 0.6) is 5.75 Å². The van der Waals surface area contributed by atoms with E-state index in [2.05, 4.69) is 21.5 Å². The van der Waals surface area contributed by atoms with Gasteiger partial charge >= 0.3 is 0 Å². The molecule has 0 aliphatic carbocycles. The summed E-state index contributed by atoms with van der Waals surface area (Å²) >= 11 is 0. The van der Waals surface area contributed by atoms with E-state index in [9.17, 15) is 4.79 Å². The van der Waals surface area contributed by atoms with Crippen molar-refractivity contribution in [3.05, 3.63) is 59.7 Å². The third-order valence-corrected chi connectivity index (χ3v) is 4.33. The minimum absolute atomic E-state index is 0.242. The molecule has 4 aromatic rings. The molecule has 1 N–H and O–H groups in total. The van der Waals surface area contributed by atoms with Crippen molar-refractivity contribution in [1.82, 2.24) is 14.8 Å². The van der Waals surface area contributed by atoms with Crippen LogP contribution < -0.4 is 10.1 Å². The van der Waals surface area contributed by atoms with Gasteiger partial charge in [0.1, 0.15) is 5.75 Å². The summed E-state index contributed by atoms with van der Waals surface area (Å²) in [4.78, 5) is 17.3. The highest BCUT2D eigenvalue weighted by Gasteiger charge is 2.15. The van der Waals surface area contributed by atoms with E-state index in [1.165, 1.54) is 0 Å². The Labute approximate surface area is 150 Å². The van der Waals surface area contributed by atoms with E-state index in [0.29, 0.717) is 17.1 Å². The molecule has 6 heteroatoms. The Bertz CT molecular complexity index is 1150. The average molecular weight is 346 g/mol.